The number of phenols is 1. The standard InChI is InChI=1S/C25H20BrN3O3/c1-2-32-24-13-16(7-12-23(24)30)15-27-29-25(31)20-14-22(17-8-10-18(26)11-9-17)28-21-6-4-3-5-19(20)21/h3-15,30H,2H2,1H3,(H,29,31)/b27-15+. The van der Waals surface area contributed by atoms with E-state index in [4.69, 9.17) is 9.72 Å². The smallest absolute Gasteiger partial charge is 0.272 e. The van der Waals surface area contributed by atoms with Crippen molar-refractivity contribution in [2.24, 2.45) is 5.10 Å². The van der Waals surface area contributed by atoms with Crippen LogP contribution in [0.2, 0.25) is 0 Å². The van der Waals surface area contributed by atoms with Crippen LogP contribution in [0.25, 0.3) is 22.2 Å². The Hall–Kier alpha value is -3.71. The zero-order chi connectivity index (χ0) is 22.5. The predicted octanol–water partition coefficient (Wildman–Crippen LogP) is 5.53. The fourth-order valence-corrected chi connectivity index (χ4v) is 3.50. The van der Waals surface area contributed by atoms with E-state index in [-0.39, 0.29) is 11.7 Å². The lowest BCUT2D eigenvalue weighted by atomic mass is 10.0. The molecule has 0 spiro atoms. The summed E-state index contributed by atoms with van der Waals surface area (Å²) in [5, 5.41) is 14.6. The minimum atomic E-state index is -0.345. The number of amides is 1. The predicted molar refractivity (Wildman–Crippen MR) is 129 cm³/mol. The normalized spacial score (nSPS) is 11.1. The van der Waals surface area contributed by atoms with E-state index in [1.165, 1.54) is 12.3 Å². The molecule has 0 atom stereocenters. The van der Waals surface area contributed by atoms with E-state index in [0.29, 0.717) is 29.2 Å². The maximum Gasteiger partial charge on any atom is 0.272 e. The van der Waals surface area contributed by atoms with Crippen LogP contribution < -0.4 is 10.2 Å². The van der Waals surface area contributed by atoms with E-state index in [2.05, 4.69) is 26.5 Å². The van der Waals surface area contributed by atoms with Crippen molar-refractivity contribution in [2.75, 3.05) is 6.61 Å². The minimum Gasteiger partial charge on any atom is -0.504 e. The molecule has 0 aliphatic carbocycles. The summed E-state index contributed by atoms with van der Waals surface area (Å²) >= 11 is 3.44. The molecule has 0 saturated heterocycles. The number of nitrogens with zero attached hydrogens (tertiary/aromatic N) is 2. The summed E-state index contributed by atoms with van der Waals surface area (Å²) in [5.41, 5.74) is 6.08. The highest BCUT2D eigenvalue weighted by atomic mass is 79.9. The van der Waals surface area contributed by atoms with Crippen LogP contribution >= 0.6 is 15.9 Å². The topological polar surface area (TPSA) is 83.8 Å². The number of aromatic hydroxyl groups is 1. The number of nitrogens with one attached hydrogen (secondary N) is 1. The maximum absolute atomic E-state index is 13.0. The molecule has 0 saturated carbocycles. The molecule has 2 N–H and O–H groups in total. The van der Waals surface area contributed by atoms with Gasteiger partial charge < -0.3 is 9.84 Å². The molecule has 0 aliphatic rings. The summed E-state index contributed by atoms with van der Waals surface area (Å²) in [6.45, 7) is 2.27. The average Bonchev–Trinajstić information content (AvgIpc) is 2.81. The molecule has 32 heavy (non-hydrogen) atoms. The van der Waals surface area contributed by atoms with Gasteiger partial charge in [-0.25, -0.2) is 10.4 Å². The molecule has 1 aromatic heterocycles. The molecule has 0 radical (unpaired) electrons. The fourth-order valence-electron chi connectivity index (χ4n) is 3.24. The van der Waals surface area contributed by atoms with Gasteiger partial charge in [0.15, 0.2) is 11.5 Å². The van der Waals surface area contributed by atoms with Gasteiger partial charge in [0.25, 0.3) is 5.91 Å². The van der Waals surface area contributed by atoms with Gasteiger partial charge in [0, 0.05) is 15.4 Å². The van der Waals surface area contributed by atoms with E-state index in [0.717, 1.165) is 20.9 Å². The Morgan fingerprint density at radius 2 is 1.91 bits per heavy atom. The van der Waals surface area contributed by atoms with E-state index in [9.17, 15) is 9.90 Å². The Bertz CT molecular complexity index is 1300. The molecule has 4 rings (SSSR count). The molecule has 0 fully saturated rings. The first-order valence-electron chi connectivity index (χ1n) is 10.00. The van der Waals surface area contributed by atoms with Crippen LogP contribution in [-0.4, -0.2) is 28.8 Å². The molecular formula is C25H20BrN3O3. The number of halogens is 1. The highest BCUT2D eigenvalue weighted by Gasteiger charge is 2.13. The number of hydrogen-bond donors (Lipinski definition) is 2. The molecule has 1 amide bonds. The van der Waals surface area contributed by atoms with Gasteiger partial charge in [-0.15, -0.1) is 0 Å². The van der Waals surface area contributed by atoms with Crippen LogP contribution in [0, 0.1) is 0 Å². The molecule has 0 unspecified atom stereocenters. The molecule has 3 aromatic carbocycles. The van der Waals surface area contributed by atoms with Crippen molar-refractivity contribution in [2.45, 2.75) is 6.92 Å². The Balaban J connectivity index is 1.62. The second kappa shape index (κ2) is 9.62. The number of para-hydroxylation sites is 1. The number of hydrogen-bond acceptors (Lipinski definition) is 5. The Kier molecular flexibility index (Phi) is 6.47. The first-order chi connectivity index (χ1) is 15.5. The molecule has 0 aliphatic heterocycles. The maximum atomic E-state index is 13.0. The fraction of sp³-hybridized carbons (Fsp3) is 0.0800. The zero-order valence-corrected chi connectivity index (χ0v) is 18.8. The summed E-state index contributed by atoms with van der Waals surface area (Å²) in [6, 6.07) is 21.9. The van der Waals surface area contributed by atoms with E-state index in [1.807, 2.05) is 55.5 Å². The number of carbonyl (C=O) groups excluding carboxylic acids is 1. The largest absolute Gasteiger partial charge is 0.504 e. The first kappa shape index (κ1) is 21.5. The monoisotopic (exact) mass is 489 g/mol. The lowest BCUT2D eigenvalue weighted by Crippen LogP contribution is -2.18. The van der Waals surface area contributed by atoms with Gasteiger partial charge in [0.05, 0.1) is 29.6 Å². The highest BCUT2D eigenvalue weighted by molar-refractivity contribution is 9.10. The van der Waals surface area contributed by atoms with Crippen molar-refractivity contribution in [3.8, 4) is 22.8 Å². The molecular weight excluding hydrogens is 470 g/mol. The summed E-state index contributed by atoms with van der Waals surface area (Å²) in [7, 11) is 0. The number of phenolic OH excluding ortho intramolecular Hbond substituents is 1. The number of hydrazone groups is 1. The molecule has 6 nitrogen and oxygen atoms in total. The van der Waals surface area contributed by atoms with Gasteiger partial charge in [0.2, 0.25) is 0 Å². The van der Waals surface area contributed by atoms with Crippen molar-refractivity contribution in [3.05, 3.63) is 88.4 Å². The number of fused-ring (bicyclic) bond motifs is 1. The second-order valence-electron chi connectivity index (χ2n) is 6.94. The van der Waals surface area contributed by atoms with Gasteiger partial charge in [-0.2, -0.15) is 5.10 Å². The number of aromatic nitrogens is 1. The molecule has 0 bridgehead atoms. The van der Waals surface area contributed by atoms with E-state index in [1.54, 1.807) is 18.2 Å². The van der Waals surface area contributed by atoms with Crippen molar-refractivity contribution in [1.82, 2.24) is 10.4 Å². The second-order valence-corrected chi connectivity index (χ2v) is 7.85. The van der Waals surface area contributed by atoms with Crippen molar-refractivity contribution >= 4 is 39.0 Å². The van der Waals surface area contributed by atoms with Crippen molar-refractivity contribution < 1.29 is 14.6 Å². The minimum absolute atomic E-state index is 0.0526. The van der Waals surface area contributed by atoms with Crippen molar-refractivity contribution in [3.63, 3.8) is 0 Å². The number of rotatable bonds is 6. The average molecular weight is 490 g/mol. The quantitative estimate of drug-likeness (QED) is 0.275. The van der Waals surface area contributed by atoms with Crippen LogP contribution in [0.4, 0.5) is 0 Å². The van der Waals surface area contributed by atoms with Gasteiger partial charge in [-0.3, -0.25) is 4.79 Å². The summed E-state index contributed by atoms with van der Waals surface area (Å²) < 4.78 is 6.34. The number of ether oxygens (including phenoxy) is 1. The summed E-state index contributed by atoms with van der Waals surface area (Å²) in [5.74, 6) is 0.0702. The van der Waals surface area contributed by atoms with Gasteiger partial charge in [-0.05, 0) is 55.0 Å². The van der Waals surface area contributed by atoms with Crippen LogP contribution in [0.15, 0.2) is 82.4 Å². The third-order valence-electron chi connectivity index (χ3n) is 4.76. The van der Waals surface area contributed by atoms with E-state index < -0.39 is 0 Å². The third kappa shape index (κ3) is 4.78. The molecule has 160 valence electrons. The van der Waals surface area contributed by atoms with Crippen LogP contribution in [-0.2, 0) is 0 Å². The molecule has 7 heteroatoms. The lowest BCUT2D eigenvalue weighted by Gasteiger charge is -2.09. The number of carbonyl (C=O) groups is 1. The summed E-state index contributed by atoms with van der Waals surface area (Å²) in [6.07, 6.45) is 1.50. The third-order valence-corrected chi connectivity index (χ3v) is 5.29. The van der Waals surface area contributed by atoms with Gasteiger partial charge in [-0.1, -0.05) is 46.3 Å². The number of pyridine rings is 1. The zero-order valence-electron chi connectivity index (χ0n) is 17.2. The lowest BCUT2D eigenvalue weighted by molar-refractivity contribution is 0.0956. The Labute approximate surface area is 193 Å². The van der Waals surface area contributed by atoms with Crippen LogP contribution in [0.5, 0.6) is 11.5 Å². The number of benzene rings is 3. The molecule has 1 heterocycles. The molecule has 4 aromatic rings. The SMILES string of the molecule is CCOc1cc(/C=N/NC(=O)c2cc(-c3ccc(Br)cc3)nc3ccccc23)ccc1O. The van der Waals surface area contributed by atoms with Crippen LogP contribution in [0.3, 0.4) is 0 Å². The van der Waals surface area contributed by atoms with Gasteiger partial charge in [0.1, 0.15) is 0 Å². The summed E-state index contributed by atoms with van der Waals surface area (Å²) in [4.78, 5) is 17.7. The van der Waals surface area contributed by atoms with E-state index >= 15 is 0 Å². The van der Waals surface area contributed by atoms with Crippen molar-refractivity contribution in [1.29, 1.82) is 0 Å². The first-order valence-corrected chi connectivity index (χ1v) is 10.8. The Morgan fingerprint density at radius 3 is 2.69 bits per heavy atom. The van der Waals surface area contributed by atoms with Gasteiger partial charge >= 0.3 is 0 Å². The highest BCUT2D eigenvalue weighted by Crippen LogP contribution is 2.27. The van der Waals surface area contributed by atoms with Crippen LogP contribution in [0.1, 0.15) is 22.8 Å². The Morgan fingerprint density at radius 1 is 1.12 bits per heavy atom.